The second kappa shape index (κ2) is 9.01. The number of carbonyl (C=O) groups is 1. The predicted octanol–water partition coefficient (Wildman–Crippen LogP) is 3.96. The van der Waals surface area contributed by atoms with Crippen LogP contribution >= 0.6 is 0 Å². The molecule has 1 saturated heterocycles. The van der Waals surface area contributed by atoms with E-state index in [9.17, 15) is 9.90 Å². The molecule has 3 fully saturated rings. The van der Waals surface area contributed by atoms with Gasteiger partial charge in [0, 0.05) is 37.9 Å². The summed E-state index contributed by atoms with van der Waals surface area (Å²) in [5.41, 5.74) is 1.89. The Hall–Kier alpha value is -2.37. The van der Waals surface area contributed by atoms with E-state index in [2.05, 4.69) is 23.1 Å². The van der Waals surface area contributed by atoms with Crippen molar-refractivity contribution in [2.45, 2.75) is 44.1 Å². The summed E-state index contributed by atoms with van der Waals surface area (Å²) in [6.45, 7) is 4.51. The van der Waals surface area contributed by atoms with E-state index in [0.29, 0.717) is 29.9 Å². The minimum Gasteiger partial charge on any atom is -0.493 e. The molecule has 0 bridgehead atoms. The molecule has 0 spiro atoms. The summed E-state index contributed by atoms with van der Waals surface area (Å²) in [7, 11) is 0. The first kappa shape index (κ1) is 22.1. The van der Waals surface area contributed by atoms with Crippen LogP contribution in [0.3, 0.4) is 0 Å². The van der Waals surface area contributed by atoms with E-state index in [4.69, 9.17) is 9.47 Å². The number of likely N-dealkylation sites (tertiary alicyclic amines) is 1. The molecule has 2 heterocycles. The molecular weight excluding hydrogens is 426 g/mol. The second-order valence-electron chi connectivity index (χ2n) is 10.8. The number of fused-ring (bicyclic) bond motifs is 2. The van der Waals surface area contributed by atoms with Crippen LogP contribution < -0.4 is 4.74 Å². The molecule has 2 aliphatic carbocycles. The van der Waals surface area contributed by atoms with Crippen LogP contribution in [0.4, 0.5) is 0 Å². The molecule has 2 saturated carbocycles. The molecule has 2 aromatic carbocycles. The molecule has 5 nitrogen and oxygen atoms in total. The van der Waals surface area contributed by atoms with Crippen LogP contribution in [0.25, 0.3) is 0 Å². The van der Waals surface area contributed by atoms with Gasteiger partial charge >= 0.3 is 5.97 Å². The minimum atomic E-state index is -1.52. The molecule has 0 amide bonds. The smallest absolute Gasteiger partial charge is 0.343 e. The monoisotopic (exact) mass is 461 g/mol. The van der Waals surface area contributed by atoms with E-state index in [-0.39, 0.29) is 5.92 Å². The number of esters is 1. The largest absolute Gasteiger partial charge is 0.493 e. The number of ether oxygens (including phenoxy) is 2. The van der Waals surface area contributed by atoms with Gasteiger partial charge in [0.25, 0.3) is 0 Å². The van der Waals surface area contributed by atoms with Crippen molar-refractivity contribution in [3.63, 3.8) is 0 Å². The summed E-state index contributed by atoms with van der Waals surface area (Å²) in [4.78, 5) is 15.8. The zero-order valence-corrected chi connectivity index (χ0v) is 19.8. The van der Waals surface area contributed by atoms with E-state index in [1.165, 1.54) is 11.1 Å². The summed E-state index contributed by atoms with van der Waals surface area (Å²) < 4.78 is 11.4. The molecule has 3 unspecified atom stereocenters. The zero-order valence-electron chi connectivity index (χ0n) is 19.8. The molecule has 2 aromatic rings. The molecule has 2 aliphatic heterocycles. The molecule has 4 aliphatic rings. The Morgan fingerprint density at radius 2 is 1.85 bits per heavy atom. The van der Waals surface area contributed by atoms with Gasteiger partial charge in [0.1, 0.15) is 5.75 Å². The topological polar surface area (TPSA) is 59.0 Å². The summed E-state index contributed by atoms with van der Waals surface area (Å²) in [6.07, 6.45) is 5.97. The molecule has 6 rings (SSSR count). The maximum absolute atomic E-state index is 13.2. The van der Waals surface area contributed by atoms with Crippen molar-refractivity contribution < 1.29 is 19.4 Å². The van der Waals surface area contributed by atoms with Crippen LogP contribution in [-0.2, 0) is 28.0 Å². The normalized spacial score (nSPS) is 27.6. The Morgan fingerprint density at radius 1 is 1.09 bits per heavy atom. The number of hydrogen-bond acceptors (Lipinski definition) is 5. The van der Waals surface area contributed by atoms with Crippen molar-refractivity contribution in [3.8, 4) is 5.75 Å². The van der Waals surface area contributed by atoms with Gasteiger partial charge in [-0.05, 0) is 53.9 Å². The van der Waals surface area contributed by atoms with Crippen molar-refractivity contribution >= 4 is 5.97 Å². The standard InChI is InChI=1S/C29H35NO4/c31-28(29(32,23-8-4-5-9-23)22-6-2-1-3-7-22)34-19-26-24-17-30(18-25(24)26)14-12-20-10-11-27-21(16-20)13-15-33-27/h1-3,6-7,10-11,16,23-26,32H,4-5,8-9,12-15,17-19H2. The van der Waals surface area contributed by atoms with Gasteiger partial charge in [0.15, 0.2) is 5.60 Å². The number of rotatable bonds is 8. The quantitative estimate of drug-likeness (QED) is 0.603. The number of nitrogens with zero attached hydrogens (tertiary/aromatic N) is 1. The van der Waals surface area contributed by atoms with Crippen LogP contribution in [0.1, 0.15) is 42.4 Å². The van der Waals surface area contributed by atoms with Crippen molar-refractivity contribution in [2.24, 2.45) is 23.7 Å². The first-order valence-corrected chi connectivity index (χ1v) is 13.0. The average Bonchev–Trinajstić information content (AvgIpc) is 3.41. The molecule has 0 aromatic heterocycles. The second-order valence-corrected chi connectivity index (χ2v) is 10.8. The van der Waals surface area contributed by atoms with Crippen LogP contribution in [-0.4, -0.2) is 48.8 Å². The zero-order chi connectivity index (χ0) is 23.1. The van der Waals surface area contributed by atoms with E-state index in [1.807, 2.05) is 30.3 Å². The highest BCUT2D eigenvalue weighted by Crippen LogP contribution is 2.52. The van der Waals surface area contributed by atoms with Crippen molar-refractivity contribution in [1.29, 1.82) is 0 Å². The molecule has 180 valence electrons. The Morgan fingerprint density at radius 3 is 2.62 bits per heavy atom. The summed E-state index contributed by atoms with van der Waals surface area (Å²) in [5, 5.41) is 11.6. The lowest BCUT2D eigenvalue weighted by Crippen LogP contribution is -2.43. The third-order valence-electron chi connectivity index (χ3n) is 8.80. The fraction of sp³-hybridized carbons (Fsp3) is 0.552. The fourth-order valence-electron chi connectivity index (χ4n) is 6.69. The fourth-order valence-corrected chi connectivity index (χ4v) is 6.69. The third-order valence-corrected chi connectivity index (χ3v) is 8.80. The molecule has 5 heteroatoms. The first-order chi connectivity index (χ1) is 16.6. The molecule has 1 N–H and O–H groups in total. The van der Waals surface area contributed by atoms with Crippen LogP contribution in [0.5, 0.6) is 5.75 Å². The molecule has 0 radical (unpaired) electrons. The van der Waals surface area contributed by atoms with Crippen LogP contribution in [0.15, 0.2) is 48.5 Å². The number of aliphatic hydroxyl groups is 1. The van der Waals surface area contributed by atoms with Gasteiger partial charge in [0.2, 0.25) is 0 Å². The SMILES string of the molecule is O=C(OCC1C2CN(CCc3ccc4c(c3)CCO4)CC12)C(O)(c1ccccc1)C1CCCC1. The van der Waals surface area contributed by atoms with E-state index in [0.717, 1.165) is 70.5 Å². The summed E-state index contributed by atoms with van der Waals surface area (Å²) >= 11 is 0. The van der Waals surface area contributed by atoms with Gasteiger partial charge in [0.05, 0.1) is 13.2 Å². The number of carbonyl (C=O) groups excluding carboxylic acids is 1. The number of benzene rings is 2. The molecular formula is C29H35NO4. The molecule has 34 heavy (non-hydrogen) atoms. The highest BCUT2D eigenvalue weighted by atomic mass is 16.6. The summed E-state index contributed by atoms with van der Waals surface area (Å²) in [5.74, 6) is 2.24. The van der Waals surface area contributed by atoms with Crippen molar-refractivity contribution in [2.75, 3.05) is 32.8 Å². The van der Waals surface area contributed by atoms with E-state index >= 15 is 0 Å². The van der Waals surface area contributed by atoms with E-state index in [1.54, 1.807) is 0 Å². The van der Waals surface area contributed by atoms with Gasteiger partial charge in [-0.15, -0.1) is 0 Å². The van der Waals surface area contributed by atoms with Gasteiger partial charge in [-0.1, -0.05) is 55.3 Å². The van der Waals surface area contributed by atoms with Gasteiger partial charge in [-0.2, -0.15) is 0 Å². The predicted molar refractivity (Wildman–Crippen MR) is 130 cm³/mol. The highest BCUT2D eigenvalue weighted by molar-refractivity contribution is 5.81. The van der Waals surface area contributed by atoms with Crippen molar-refractivity contribution in [1.82, 2.24) is 4.90 Å². The van der Waals surface area contributed by atoms with E-state index < -0.39 is 11.6 Å². The highest BCUT2D eigenvalue weighted by Gasteiger charge is 2.56. The third kappa shape index (κ3) is 4.03. The lowest BCUT2D eigenvalue weighted by atomic mass is 9.80. The maximum Gasteiger partial charge on any atom is 0.343 e. The lowest BCUT2D eigenvalue weighted by molar-refractivity contribution is -0.174. The van der Waals surface area contributed by atoms with Gasteiger partial charge in [-0.25, -0.2) is 4.79 Å². The number of piperidine rings is 1. The Labute approximate surface area is 202 Å². The van der Waals surface area contributed by atoms with Crippen LogP contribution in [0.2, 0.25) is 0 Å². The van der Waals surface area contributed by atoms with Crippen LogP contribution in [0, 0.1) is 23.7 Å². The average molecular weight is 462 g/mol. The Bertz CT molecular complexity index is 1020. The minimum absolute atomic E-state index is 0.0534. The summed E-state index contributed by atoms with van der Waals surface area (Å²) in [6, 6.07) is 16.0. The van der Waals surface area contributed by atoms with Gasteiger partial charge in [-0.3, -0.25) is 0 Å². The Kier molecular flexibility index (Phi) is 5.86. The Balaban J connectivity index is 1.00. The van der Waals surface area contributed by atoms with Crippen molar-refractivity contribution in [3.05, 3.63) is 65.2 Å². The maximum atomic E-state index is 13.2. The lowest BCUT2D eigenvalue weighted by Gasteiger charge is -2.32. The number of hydrogen-bond donors (Lipinski definition) is 1. The van der Waals surface area contributed by atoms with Gasteiger partial charge < -0.3 is 19.5 Å². The molecule has 3 atom stereocenters. The first-order valence-electron chi connectivity index (χ1n) is 13.0.